The Kier molecular flexibility index (Phi) is 4.34. The van der Waals surface area contributed by atoms with Crippen LogP contribution in [0.25, 0.3) is 0 Å². The van der Waals surface area contributed by atoms with Crippen molar-refractivity contribution < 1.29 is 4.79 Å². The molecule has 3 aliphatic carbocycles. The first-order valence-electron chi connectivity index (χ1n) is 8.70. The molecule has 3 fully saturated rings. The van der Waals surface area contributed by atoms with Gasteiger partial charge in [-0.2, -0.15) is 0 Å². The lowest BCUT2D eigenvalue weighted by Gasteiger charge is -2.32. The maximum absolute atomic E-state index is 12.4. The van der Waals surface area contributed by atoms with Gasteiger partial charge in [0, 0.05) is 18.1 Å². The van der Waals surface area contributed by atoms with Crippen molar-refractivity contribution in [3.8, 4) is 0 Å². The second kappa shape index (κ2) is 6.05. The minimum Gasteiger partial charge on any atom is -0.352 e. The third-order valence-electron chi connectivity index (χ3n) is 5.63. The maximum Gasteiger partial charge on any atom is 0.234 e. The molecule has 3 rings (SSSR count). The molecule has 0 saturated heterocycles. The molecule has 3 heteroatoms. The van der Waals surface area contributed by atoms with Crippen LogP contribution in [0.5, 0.6) is 0 Å². The van der Waals surface area contributed by atoms with Crippen LogP contribution in [0.1, 0.15) is 65.2 Å². The first-order chi connectivity index (χ1) is 9.65. The Labute approximate surface area is 123 Å². The summed E-state index contributed by atoms with van der Waals surface area (Å²) in [5.74, 6) is 1.78. The quantitative estimate of drug-likeness (QED) is 0.810. The molecule has 20 heavy (non-hydrogen) atoms. The van der Waals surface area contributed by atoms with Crippen molar-refractivity contribution in [2.75, 3.05) is 6.54 Å². The lowest BCUT2D eigenvalue weighted by molar-refractivity contribution is -0.124. The Morgan fingerprint density at radius 1 is 1.15 bits per heavy atom. The van der Waals surface area contributed by atoms with Gasteiger partial charge >= 0.3 is 0 Å². The van der Waals surface area contributed by atoms with Gasteiger partial charge in [0.1, 0.15) is 0 Å². The van der Waals surface area contributed by atoms with E-state index in [9.17, 15) is 4.79 Å². The predicted octanol–water partition coefficient (Wildman–Crippen LogP) is 2.94. The van der Waals surface area contributed by atoms with Gasteiger partial charge in [0.2, 0.25) is 5.91 Å². The molecule has 3 nitrogen and oxygen atoms in total. The van der Waals surface area contributed by atoms with Crippen LogP contribution < -0.4 is 5.32 Å². The van der Waals surface area contributed by atoms with Gasteiger partial charge in [-0.05, 0) is 57.3 Å². The number of nitrogens with one attached hydrogen (secondary N) is 1. The number of carbonyl (C=O) groups is 1. The number of carbonyl (C=O) groups excluding carboxylic acids is 1. The van der Waals surface area contributed by atoms with Gasteiger partial charge in [0.15, 0.2) is 0 Å². The van der Waals surface area contributed by atoms with Crippen molar-refractivity contribution in [3.63, 3.8) is 0 Å². The summed E-state index contributed by atoms with van der Waals surface area (Å²) in [5.41, 5.74) is 0. The van der Waals surface area contributed by atoms with Crippen LogP contribution in [0, 0.1) is 11.8 Å². The first-order valence-corrected chi connectivity index (χ1v) is 8.70. The molecule has 114 valence electrons. The normalized spacial score (nSPS) is 32.1. The molecule has 3 atom stereocenters. The molecule has 0 aliphatic heterocycles. The van der Waals surface area contributed by atoms with Crippen LogP contribution in [0.15, 0.2) is 0 Å². The smallest absolute Gasteiger partial charge is 0.234 e. The lowest BCUT2D eigenvalue weighted by Crippen LogP contribution is -2.48. The van der Waals surface area contributed by atoms with Gasteiger partial charge < -0.3 is 5.32 Å². The van der Waals surface area contributed by atoms with E-state index in [1.54, 1.807) is 0 Å². The number of amides is 1. The summed E-state index contributed by atoms with van der Waals surface area (Å²) in [5, 5.41) is 3.32. The van der Waals surface area contributed by atoms with E-state index >= 15 is 0 Å². The highest BCUT2D eigenvalue weighted by Crippen LogP contribution is 2.39. The molecule has 0 aromatic heterocycles. The van der Waals surface area contributed by atoms with Gasteiger partial charge in [0.25, 0.3) is 0 Å². The second-order valence-electron chi connectivity index (χ2n) is 7.42. The van der Waals surface area contributed by atoms with Crippen molar-refractivity contribution in [1.29, 1.82) is 0 Å². The molecule has 1 amide bonds. The highest BCUT2D eigenvalue weighted by molar-refractivity contribution is 5.78. The van der Waals surface area contributed by atoms with Crippen molar-refractivity contribution in [2.45, 2.75) is 83.3 Å². The van der Waals surface area contributed by atoms with Crippen LogP contribution >= 0.6 is 0 Å². The van der Waals surface area contributed by atoms with E-state index < -0.39 is 0 Å². The van der Waals surface area contributed by atoms with E-state index in [1.807, 2.05) is 0 Å². The van der Waals surface area contributed by atoms with E-state index in [2.05, 4.69) is 24.1 Å². The van der Waals surface area contributed by atoms with Gasteiger partial charge in [-0.3, -0.25) is 9.69 Å². The summed E-state index contributed by atoms with van der Waals surface area (Å²) < 4.78 is 0. The molecule has 1 N–H and O–H groups in total. The third kappa shape index (κ3) is 3.55. The zero-order chi connectivity index (χ0) is 14.1. The number of rotatable bonds is 6. The van der Waals surface area contributed by atoms with Crippen molar-refractivity contribution in [3.05, 3.63) is 0 Å². The van der Waals surface area contributed by atoms with Gasteiger partial charge in [-0.25, -0.2) is 0 Å². The minimum atomic E-state index is 0.267. The monoisotopic (exact) mass is 278 g/mol. The molecule has 0 unspecified atom stereocenters. The SMILES string of the molecule is C[C@@H]1CCCC[C@H]1NC(=O)CN(C1CC1)[C@H](C)C1CC1. The highest BCUT2D eigenvalue weighted by Gasteiger charge is 2.40. The molecule has 0 bridgehead atoms. The van der Waals surface area contributed by atoms with Crippen molar-refractivity contribution in [2.24, 2.45) is 11.8 Å². The van der Waals surface area contributed by atoms with Gasteiger partial charge in [-0.1, -0.05) is 19.8 Å². The molecule has 0 radical (unpaired) electrons. The molecule has 3 saturated carbocycles. The van der Waals surface area contributed by atoms with Gasteiger partial charge in [-0.15, -0.1) is 0 Å². The van der Waals surface area contributed by atoms with Crippen LogP contribution in [0.3, 0.4) is 0 Å². The fourth-order valence-corrected chi connectivity index (χ4v) is 3.81. The van der Waals surface area contributed by atoms with Gasteiger partial charge in [0.05, 0.1) is 6.54 Å². The second-order valence-corrected chi connectivity index (χ2v) is 7.42. The van der Waals surface area contributed by atoms with Crippen LogP contribution in [0.2, 0.25) is 0 Å². The Bertz CT molecular complexity index is 349. The van der Waals surface area contributed by atoms with E-state index in [0.29, 0.717) is 30.6 Å². The summed E-state index contributed by atoms with van der Waals surface area (Å²) >= 11 is 0. The molecular formula is C17H30N2O. The molecule has 0 heterocycles. The molecular weight excluding hydrogens is 248 g/mol. The maximum atomic E-state index is 12.4. The average molecular weight is 278 g/mol. The van der Waals surface area contributed by atoms with Crippen LogP contribution in [0.4, 0.5) is 0 Å². The minimum absolute atomic E-state index is 0.267. The Balaban J connectivity index is 1.50. The van der Waals surface area contributed by atoms with E-state index in [4.69, 9.17) is 0 Å². The van der Waals surface area contributed by atoms with E-state index in [0.717, 1.165) is 5.92 Å². The summed E-state index contributed by atoms with van der Waals surface area (Å²) in [6.45, 7) is 5.24. The number of nitrogens with zero attached hydrogens (tertiary/aromatic N) is 1. The molecule has 3 aliphatic rings. The van der Waals surface area contributed by atoms with Crippen LogP contribution in [-0.4, -0.2) is 35.5 Å². The van der Waals surface area contributed by atoms with Crippen LogP contribution in [-0.2, 0) is 4.79 Å². The highest BCUT2D eigenvalue weighted by atomic mass is 16.2. The number of hydrogen-bond acceptors (Lipinski definition) is 2. The molecule has 0 aromatic carbocycles. The zero-order valence-electron chi connectivity index (χ0n) is 13.1. The summed E-state index contributed by atoms with van der Waals surface area (Å²) in [6.07, 6.45) is 10.4. The largest absolute Gasteiger partial charge is 0.352 e. The number of hydrogen-bond donors (Lipinski definition) is 1. The fraction of sp³-hybridized carbons (Fsp3) is 0.941. The predicted molar refractivity (Wildman–Crippen MR) is 81.5 cm³/mol. The fourth-order valence-electron chi connectivity index (χ4n) is 3.81. The van der Waals surface area contributed by atoms with E-state index in [1.165, 1.54) is 51.4 Å². The molecule has 0 aromatic rings. The third-order valence-corrected chi connectivity index (χ3v) is 5.63. The zero-order valence-corrected chi connectivity index (χ0v) is 13.1. The summed E-state index contributed by atoms with van der Waals surface area (Å²) in [4.78, 5) is 14.9. The average Bonchev–Trinajstić information content (AvgIpc) is 3.30. The first kappa shape index (κ1) is 14.4. The Hall–Kier alpha value is -0.570. The Morgan fingerprint density at radius 3 is 2.45 bits per heavy atom. The summed E-state index contributed by atoms with van der Waals surface area (Å²) in [7, 11) is 0. The Morgan fingerprint density at radius 2 is 1.85 bits per heavy atom. The van der Waals surface area contributed by atoms with Crippen molar-refractivity contribution in [1.82, 2.24) is 10.2 Å². The standard InChI is InChI=1S/C17H30N2O/c1-12-5-3-4-6-16(12)18-17(20)11-19(15-9-10-15)13(2)14-7-8-14/h12-16H,3-11H2,1-2H3,(H,18,20)/t12-,13-,16-/m1/s1. The van der Waals surface area contributed by atoms with E-state index in [-0.39, 0.29) is 5.91 Å². The summed E-state index contributed by atoms with van der Waals surface area (Å²) in [6, 6.07) is 1.73. The lowest BCUT2D eigenvalue weighted by atomic mass is 9.86. The van der Waals surface area contributed by atoms with Crippen molar-refractivity contribution >= 4 is 5.91 Å². The topological polar surface area (TPSA) is 32.3 Å². The molecule has 0 spiro atoms.